The summed E-state index contributed by atoms with van der Waals surface area (Å²) in [7, 11) is 1.72. The molecule has 4 nitrogen and oxygen atoms in total. The molecule has 2 aromatic rings. The summed E-state index contributed by atoms with van der Waals surface area (Å²) >= 11 is 1.73. The highest BCUT2D eigenvalue weighted by Crippen LogP contribution is 2.13. The first-order chi connectivity index (χ1) is 10.3. The van der Waals surface area contributed by atoms with Crippen LogP contribution in [0.2, 0.25) is 0 Å². The van der Waals surface area contributed by atoms with Crippen molar-refractivity contribution in [2.45, 2.75) is 26.2 Å². The Bertz CT molecular complexity index is 525. The SMILES string of the molecule is COCCNCCc1nnc(CCc2ccc(C)cc2)s1. The molecular formula is C16H23N3OS. The van der Waals surface area contributed by atoms with Gasteiger partial charge in [-0.1, -0.05) is 29.8 Å². The van der Waals surface area contributed by atoms with Gasteiger partial charge in [-0.25, -0.2) is 0 Å². The number of hydrogen-bond donors (Lipinski definition) is 1. The molecule has 0 aliphatic rings. The van der Waals surface area contributed by atoms with Crippen LogP contribution >= 0.6 is 11.3 Å². The number of aromatic nitrogens is 2. The topological polar surface area (TPSA) is 47.0 Å². The zero-order valence-electron chi connectivity index (χ0n) is 12.8. The third-order valence-corrected chi connectivity index (χ3v) is 4.30. The lowest BCUT2D eigenvalue weighted by atomic mass is 10.1. The van der Waals surface area contributed by atoms with Crippen LogP contribution < -0.4 is 5.32 Å². The number of rotatable bonds is 9. The van der Waals surface area contributed by atoms with Crippen molar-refractivity contribution in [2.24, 2.45) is 0 Å². The van der Waals surface area contributed by atoms with Crippen LogP contribution in [0.15, 0.2) is 24.3 Å². The van der Waals surface area contributed by atoms with Gasteiger partial charge in [0.2, 0.25) is 0 Å². The van der Waals surface area contributed by atoms with E-state index in [0.717, 1.165) is 49.0 Å². The van der Waals surface area contributed by atoms with Crippen molar-refractivity contribution in [2.75, 3.05) is 26.8 Å². The number of aryl methyl sites for hydroxylation is 3. The number of hydrogen-bond acceptors (Lipinski definition) is 5. The summed E-state index contributed by atoms with van der Waals surface area (Å²) in [5, 5.41) is 14.1. The Morgan fingerprint density at radius 2 is 1.71 bits per heavy atom. The third-order valence-electron chi connectivity index (χ3n) is 3.26. The van der Waals surface area contributed by atoms with Gasteiger partial charge in [0.25, 0.3) is 0 Å². The molecule has 1 aromatic heterocycles. The van der Waals surface area contributed by atoms with Crippen LogP contribution in [0.5, 0.6) is 0 Å². The number of nitrogens with one attached hydrogen (secondary N) is 1. The molecule has 0 aliphatic heterocycles. The fourth-order valence-electron chi connectivity index (χ4n) is 1.99. The summed E-state index contributed by atoms with van der Waals surface area (Å²) in [4.78, 5) is 0. The largest absolute Gasteiger partial charge is 0.383 e. The lowest BCUT2D eigenvalue weighted by molar-refractivity contribution is 0.199. The minimum absolute atomic E-state index is 0.748. The molecular weight excluding hydrogens is 282 g/mol. The predicted molar refractivity (Wildman–Crippen MR) is 86.9 cm³/mol. The molecule has 0 bridgehead atoms. The van der Waals surface area contributed by atoms with E-state index in [1.54, 1.807) is 18.4 Å². The molecule has 0 atom stereocenters. The van der Waals surface area contributed by atoms with Gasteiger partial charge >= 0.3 is 0 Å². The summed E-state index contributed by atoms with van der Waals surface area (Å²) in [6, 6.07) is 8.70. The number of methoxy groups -OCH3 is 1. The molecule has 0 saturated carbocycles. The second kappa shape index (κ2) is 8.87. The molecule has 1 N–H and O–H groups in total. The van der Waals surface area contributed by atoms with Gasteiger partial charge < -0.3 is 10.1 Å². The molecule has 1 heterocycles. The first kappa shape index (κ1) is 16.1. The Labute approximate surface area is 130 Å². The van der Waals surface area contributed by atoms with Crippen molar-refractivity contribution >= 4 is 11.3 Å². The molecule has 1 aromatic carbocycles. The smallest absolute Gasteiger partial charge is 0.118 e. The van der Waals surface area contributed by atoms with Crippen LogP contribution in [0.4, 0.5) is 0 Å². The highest BCUT2D eigenvalue weighted by Gasteiger charge is 2.04. The Hall–Kier alpha value is -1.30. The van der Waals surface area contributed by atoms with Crippen LogP contribution in [0.25, 0.3) is 0 Å². The summed E-state index contributed by atoms with van der Waals surface area (Å²) in [6.07, 6.45) is 2.94. The molecule has 2 rings (SSSR count). The zero-order valence-corrected chi connectivity index (χ0v) is 13.6. The Morgan fingerprint density at radius 1 is 1.00 bits per heavy atom. The second-order valence-corrected chi connectivity index (χ2v) is 6.21. The van der Waals surface area contributed by atoms with Gasteiger partial charge in [-0.15, -0.1) is 21.5 Å². The van der Waals surface area contributed by atoms with E-state index >= 15 is 0 Å². The summed E-state index contributed by atoms with van der Waals surface area (Å²) in [5.41, 5.74) is 2.66. The molecule has 0 spiro atoms. The Morgan fingerprint density at radius 3 is 2.43 bits per heavy atom. The van der Waals surface area contributed by atoms with E-state index in [1.807, 2.05) is 0 Å². The molecule has 5 heteroatoms. The van der Waals surface area contributed by atoms with E-state index in [4.69, 9.17) is 4.74 Å². The van der Waals surface area contributed by atoms with Gasteiger partial charge in [0.05, 0.1) is 6.61 Å². The van der Waals surface area contributed by atoms with Crippen LogP contribution in [0, 0.1) is 6.92 Å². The second-order valence-electron chi connectivity index (χ2n) is 5.07. The van der Waals surface area contributed by atoms with Crippen molar-refractivity contribution in [1.82, 2.24) is 15.5 Å². The van der Waals surface area contributed by atoms with Crippen molar-refractivity contribution in [3.8, 4) is 0 Å². The van der Waals surface area contributed by atoms with E-state index < -0.39 is 0 Å². The number of ether oxygens (including phenoxy) is 1. The van der Waals surface area contributed by atoms with E-state index in [9.17, 15) is 0 Å². The van der Waals surface area contributed by atoms with Gasteiger partial charge in [-0.3, -0.25) is 0 Å². The Kier molecular flexibility index (Phi) is 6.79. The summed E-state index contributed by atoms with van der Waals surface area (Å²) in [5.74, 6) is 0. The molecule has 0 unspecified atom stereocenters. The van der Waals surface area contributed by atoms with Gasteiger partial charge in [-0.2, -0.15) is 0 Å². The van der Waals surface area contributed by atoms with Crippen LogP contribution in [-0.4, -0.2) is 37.0 Å². The van der Waals surface area contributed by atoms with E-state index in [2.05, 4.69) is 46.7 Å². The average molecular weight is 305 g/mol. The van der Waals surface area contributed by atoms with E-state index in [-0.39, 0.29) is 0 Å². The van der Waals surface area contributed by atoms with Crippen LogP contribution in [0.1, 0.15) is 21.1 Å². The van der Waals surface area contributed by atoms with Crippen molar-refractivity contribution in [1.29, 1.82) is 0 Å². The maximum atomic E-state index is 4.99. The molecule has 0 saturated heterocycles. The molecule has 114 valence electrons. The average Bonchev–Trinajstić information content (AvgIpc) is 2.94. The standard InChI is InChI=1S/C16H23N3OS/c1-13-3-5-14(6-4-13)7-8-15-18-19-16(21-15)9-10-17-11-12-20-2/h3-6,17H,7-12H2,1-2H3. The highest BCUT2D eigenvalue weighted by atomic mass is 32.1. The number of nitrogens with zero attached hydrogens (tertiary/aromatic N) is 2. The lowest BCUT2D eigenvalue weighted by Gasteiger charge is -2.01. The Balaban J connectivity index is 1.71. The molecule has 0 radical (unpaired) electrons. The first-order valence-corrected chi connectivity index (χ1v) is 8.16. The van der Waals surface area contributed by atoms with Crippen molar-refractivity contribution in [3.63, 3.8) is 0 Å². The fourth-order valence-corrected chi connectivity index (χ4v) is 2.83. The normalized spacial score (nSPS) is 11.0. The quantitative estimate of drug-likeness (QED) is 0.723. The van der Waals surface area contributed by atoms with Crippen molar-refractivity contribution in [3.05, 3.63) is 45.4 Å². The predicted octanol–water partition coefficient (Wildman–Crippen LogP) is 2.41. The molecule has 0 amide bonds. The summed E-state index contributed by atoms with van der Waals surface area (Å²) < 4.78 is 4.99. The summed E-state index contributed by atoms with van der Waals surface area (Å²) in [6.45, 7) is 4.67. The van der Waals surface area contributed by atoms with Crippen LogP contribution in [-0.2, 0) is 24.0 Å². The van der Waals surface area contributed by atoms with Gasteiger partial charge in [0.1, 0.15) is 10.0 Å². The molecule has 0 fully saturated rings. The van der Waals surface area contributed by atoms with Gasteiger partial charge in [-0.05, 0) is 18.9 Å². The molecule has 21 heavy (non-hydrogen) atoms. The first-order valence-electron chi connectivity index (χ1n) is 7.34. The fraction of sp³-hybridized carbons (Fsp3) is 0.500. The molecule has 0 aliphatic carbocycles. The number of benzene rings is 1. The maximum absolute atomic E-state index is 4.99. The highest BCUT2D eigenvalue weighted by molar-refractivity contribution is 7.11. The van der Waals surface area contributed by atoms with E-state index in [0.29, 0.717) is 0 Å². The lowest BCUT2D eigenvalue weighted by Crippen LogP contribution is -2.21. The minimum atomic E-state index is 0.748. The maximum Gasteiger partial charge on any atom is 0.118 e. The monoisotopic (exact) mass is 305 g/mol. The van der Waals surface area contributed by atoms with Gasteiger partial charge in [0.15, 0.2) is 0 Å². The van der Waals surface area contributed by atoms with E-state index in [1.165, 1.54) is 11.1 Å². The van der Waals surface area contributed by atoms with Crippen molar-refractivity contribution < 1.29 is 4.74 Å². The third kappa shape index (κ3) is 5.91. The van der Waals surface area contributed by atoms with Crippen LogP contribution in [0.3, 0.4) is 0 Å². The minimum Gasteiger partial charge on any atom is -0.383 e. The van der Waals surface area contributed by atoms with Gasteiger partial charge in [0, 0.05) is 33.0 Å². The zero-order chi connectivity index (χ0) is 14.9.